The van der Waals surface area contributed by atoms with Gasteiger partial charge in [0.15, 0.2) is 0 Å². The van der Waals surface area contributed by atoms with Crippen LogP contribution in [0.2, 0.25) is 0 Å². The highest BCUT2D eigenvalue weighted by Gasteiger charge is 2.51. The maximum absolute atomic E-state index is 12.2. The molecule has 2 N–H and O–H groups in total. The van der Waals surface area contributed by atoms with Crippen LogP contribution >= 0.6 is 0 Å². The van der Waals surface area contributed by atoms with E-state index in [9.17, 15) is 4.79 Å². The van der Waals surface area contributed by atoms with Gasteiger partial charge in [-0.25, -0.2) is 4.98 Å². The van der Waals surface area contributed by atoms with Crippen LogP contribution in [0.1, 0.15) is 45.0 Å². The number of carbonyl (C=O) groups is 1. The lowest BCUT2D eigenvalue weighted by Gasteiger charge is -2.32. The van der Waals surface area contributed by atoms with Crippen molar-refractivity contribution >= 4 is 24.3 Å². The van der Waals surface area contributed by atoms with Crippen LogP contribution in [0.3, 0.4) is 0 Å². The molecule has 6 nitrogen and oxygen atoms in total. The van der Waals surface area contributed by atoms with Crippen LogP contribution in [-0.2, 0) is 9.31 Å². The number of carbonyl (C=O) groups excluding carboxylic acids is 1. The molecule has 1 amide bonds. The van der Waals surface area contributed by atoms with E-state index in [0.717, 1.165) is 5.46 Å². The molecule has 0 atom stereocenters. The van der Waals surface area contributed by atoms with Crippen molar-refractivity contribution in [1.29, 1.82) is 0 Å². The van der Waals surface area contributed by atoms with Gasteiger partial charge in [0.05, 0.1) is 16.8 Å². The Hall–Kier alpha value is -1.60. The van der Waals surface area contributed by atoms with E-state index in [2.05, 4.69) is 15.6 Å². The minimum atomic E-state index is -0.531. The Labute approximate surface area is 132 Å². The van der Waals surface area contributed by atoms with Crippen LogP contribution in [0, 0.1) is 0 Å². The zero-order valence-electron chi connectivity index (χ0n) is 14.1. The van der Waals surface area contributed by atoms with Gasteiger partial charge < -0.3 is 19.9 Å². The average molecular weight is 305 g/mol. The van der Waals surface area contributed by atoms with Crippen molar-refractivity contribution in [3.05, 3.63) is 17.8 Å². The molecule has 0 saturated carbocycles. The van der Waals surface area contributed by atoms with E-state index in [1.54, 1.807) is 19.3 Å². The lowest BCUT2D eigenvalue weighted by molar-refractivity contribution is 0.00578. The van der Waals surface area contributed by atoms with Gasteiger partial charge in [-0.05, 0) is 40.7 Å². The molecular weight excluding hydrogens is 281 g/mol. The molecule has 2 rings (SSSR count). The van der Waals surface area contributed by atoms with Crippen LogP contribution in [0.15, 0.2) is 12.3 Å². The van der Waals surface area contributed by atoms with E-state index < -0.39 is 18.3 Å². The number of hydrogen-bond acceptors (Lipinski definition) is 5. The summed E-state index contributed by atoms with van der Waals surface area (Å²) in [7, 11) is 1.20. The van der Waals surface area contributed by atoms with Crippen molar-refractivity contribution in [2.75, 3.05) is 18.9 Å². The molecule has 7 heteroatoms. The Bertz CT molecular complexity index is 559. The average Bonchev–Trinajstić information content (AvgIpc) is 2.67. The highest BCUT2D eigenvalue weighted by molar-refractivity contribution is 6.62. The number of nitrogens with one attached hydrogen (secondary N) is 2. The molecule has 0 unspecified atom stereocenters. The molecule has 1 saturated heterocycles. The largest absolute Gasteiger partial charge is 0.496 e. The fraction of sp³-hybridized carbons (Fsp3) is 0.600. The number of anilines is 1. The Kier molecular flexibility index (Phi) is 4.49. The van der Waals surface area contributed by atoms with Crippen molar-refractivity contribution < 1.29 is 14.1 Å². The molecular formula is C15H24BN3O3. The number of hydrogen-bond donors (Lipinski definition) is 2. The molecule has 1 aromatic rings. The molecule has 0 bridgehead atoms. The van der Waals surface area contributed by atoms with E-state index in [0.29, 0.717) is 17.9 Å². The minimum Gasteiger partial charge on any atom is -0.399 e. The fourth-order valence-corrected chi connectivity index (χ4v) is 2.22. The van der Waals surface area contributed by atoms with Crippen molar-refractivity contribution in [3.8, 4) is 0 Å². The first kappa shape index (κ1) is 16.8. The lowest BCUT2D eigenvalue weighted by Crippen LogP contribution is -2.41. The first-order chi connectivity index (χ1) is 10.2. The summed E-state index contributed by atoms with van der Waals surface area (Å²) in [6.07, 6.45) is 1.68. The third-order valence-electron chi connectivity index (χ3n) is 4.25. The number of aromatic nitrogens is 1. The van der Waals surface area contributed by atoms with Crippen LogP contribution < -0.4 is 16.1 Å². The van der Waals surface area contributed by atoms with Crippen molar-refractivity contribution in [3.63, 3.8) is 0 Å². The topological polar surface area (TPSA) is 72.5 Å². The Morgan fingerprint density at radius 3 is 2.36 bits per heavy atom. The second kappa shape index (κ2) is 5.89. The van der Waals surface area contributed by atoms with Gasteiger partial charge in [-0.15, -0.1) is 0 Å². The number of nitrogens with zero attached hydrogens (tertiary/aromatic N) is 1. The van der Waals surface area contributed by atoms with Gasteiger partial charge in [0, 0.05) is 25.3 Å². The van der Waals surface area contributed by atoms with Gasteiger partial charge >= 0.3 is 7.12 Å². The highest BCUT2D eigenvalue weighted by atomic mass is 16.7. The van der Waals surface area contributed by atoms with Crippen LogP contribution in [-0.4, -0.2) is 42.8 Å². The van der Waals surface area contributed by atoms with Gasteiger partial charge in [0.2, 0.25) is 0 Å². The molecule has 1 aromatic heterocycles. The molecule has 0 radical (unpaired) electrons. The second-order valence-corrected chi connectivity index (χ2v) is 6.36. The standard InChI is InChI=1S/C15H24BN3O3/c1-7-18-13(20)11-8-10(9-19-12(11)17-6)16-21-14(2,3)15(4,5)22-16/h8-9H,7H2,1-6H3,(H,17,19)(H,18,20). The van der Waals surface area contributed by atoms with E-state index in [-0.39, 0.29) is 5.91 Å². The van der Waals surface area contributed by atoms with Gasteiger partial charge in [-0.2, -0.15) is 0 Å². The summed E-state index contributed by atoms with van der Waals surface area (Å²) in [4.78, 5) is 16.5. The zero-order valence-corrected chi connectivity index (χ0v) is 14.1. The molecule has 22 heavy (non-hydrogen) atoms. The van der Waals surface area contributed by atoms with Gasteiger partial charge in [0.25, 0.3) is 5.91 Å². The minimum absolute atomic E-state index is 0.169. The Balaban J connectivity index is 2.34. The van der Waals surface area contributed by atoms with E-state index >= 15 is 0 Å². The summed E-state index contributed by atoms with van der Waals surface area (Å²) in [5.74, 6) is 0.365. The Morgan fingerprint density at radius 1 is 1.27 bits per heavy atom. The van der Waals surface area contributed by atoms with Crippen LogP contribution in [0.4, 0.5) is 5.82 Å². The van der Waals surface area contributed by atoms with E-state index in [4.69, 9.17) is 9.31 Å². The Morgan fingerprint density at radius 2 is 1.86 bits per heavy atom. The van der Waals surface area contributed by atoms with Crippen molar-refractivity contribution in [1.82, 2.24) is 10.3 Å². The summed E-state index contributed by atoms with van der Waals surface area (Å²) in [5.41, 5.74) is 0.367. The molecule has 1 aliphatic rings. The maximum atomic E-state index is 12.2. The van der Waals surface area contributed by atoms with Crippen molar-refractivity contribution in [2.24, 2.45) is 0 Å². The predicted octanol–water partition coefficient (Wildman–Crippen LogP) is 1.17. The zero-order chi connectivity index (χ0) is 16.5. The monoisotopic (exact) mass is 305 g/mol. The van der Waals surface area contributed by atoms with Gasteiger partial charge in [0.1, 0.15) is 5.82 Å². The summed E-state index contributed by atoms with van der Waals surface area (Å²) in [6.45, 7) is 10.4. The molecule has 2 heterocycles. The van der Waals surface area contributed by atoms with E-state index in [1.165, 1.54) is 0 Å². The first-order valence-corrected chi connectivity index (χ1v) is 7.53. The van der Waals surface area contributed by atoms with E-state index in [1.807, 2.05) is 34.6 Å². The van der Waals surface area contributed by atoms with Gasteiger partial charge in [-0.1, -0.05) is 0 Å². The number of amides is 1. The molecule has 0 spiro atoms. The summed E-state index contributed by atoms with van der Waals surface area (Å²) >= 11 is 0. The third kappa shape index (κ3) is 2.96. The highest BCUT2D eigenvalue weighted by Crippen LogP contribution is 2.36. The summed E-state index contributed by atoms with van der Waals surface area (Å²) < 4.78 is 12.0. The SMILES string of the molecule is CCNC(=O)c1cc(B2OC(C)(C)C(C)(C)O2)cnc1NC. The molecule has 120 valence electrons. The predicted molar refractivity (Wildman–Crippen MR) is 87.5 cm³/mol. The first-order valence-electron chi connectivity index (χ1n) is 7.53. The molecule has 1 aliphatic heterocycles. The number of pyridine rings is 1. The third-order valence-corrected chi connectivity index (χ3v) is 4.25. The second-order valence-electron chi connectivity index (χ2n) is 6.36. The van der Waals surface area contributed by atoms with Crippen molar-refractivity contribution in [2.45, 2.75) is 45.8 Å². The molecule has 1 fully saturated rings. The quantitative estimate of drug-likeness (QED) is 0.817. The maximum Gasteiger partial charge on any atom is 0.496 e. The van der Waals surface area contributed by atoms with Crippen LogP contribution in [0.25, 0.3) is 0 Å². The summed E-state index contributed by atoms with van der Waals surface area (Å²) in [5, 5.41) is 5.72. The molecule has 0 aliphatic carbocycles. The fourth-order valence-electron chi connectivity index (χ4n) is 2.22. The van der Waals surface area contributed by atoms with Crippen LogP contribution in [0.5, 0.6) is 0 Å². The molecule has 0 aromatic carbocycles. The lowest BCUT2D eigenvalue weighted by atomic mass is 9.79. The van der Waals surface area contributed by atoms with Gasteiger partial charge in [-0.3, -0.25) is 4.79 Å². The normalized spacial score (nSPS) is 19.1. The number of rotatable bonds is 4. The smallest absolute Gasteiger partial charge is 0.399 e. The summed E-state index contributed by atoms with van der Waals surface area (Å²) in [6, 6.07) is 1.77.